The number of rotatable bonds is 6. The molecule has 0 amide bonds. The zero-order chi connectivity index (χ0) is 39.3. The topological polar surface area (TPSA) is 63.4 Å². The molecule has 0 bridgehead atoms. The third kappa shape index (κ3) is 6.08. The molecule has 0 unspecified atom stereocenters. The van der Waals surface area contributed by atoms with Gasteiger partial charge in [0.15, 0.2) is 11.7 Å². The number of amidine groups is 2. The van der Waals surface area contributed by atoms with Crippen molar-refractivity contribution in [1.82, 2.24) is 0 Å². The van der Waals surface area contributed by atoms with Gasteiger partial charge in [0.25, 0.3) is 0 Å². The lowest BCUT2D eigenvalue weighted by Crippen LogP contribution is -2.06. The molecular weight excluding hydrogens is 723 g/mol. The largest absolute Gasteiger partial charge is 0.456 e. The minimum Gasteiger partial charge on any atom is -0.456 e. The fraction of sp³-hybridized carbons (Fsp3) is 0.0185. The Kier molecular flexibility index (Phi) is 8.30. The Morgan fingerprint density at radius 3 is 1.93 bits per heavy atom. The van der Waals surface area contributed by atoms with Gasteiger partial charge in [-0.3, -0.25) is 4.99 Å². The second-order valence-corrected chi connectivity index (χ2v) is 14.8. The zero-order valence-corrected chi connectivity index (χ0v) is 32.0. The molecule has 0 radical (unpaired) electrons. The number of hydrogen-bond acceptors (Lipinski definition) is 3. The first-order chi connectivity index (χ1) is 29.2. The number of fused-ring (bicyclic) bond motifs is 9. The van der Waals surface area contributed by atoms with Crippen LogP contribution in [0.1, 0.15) is 16.7 Å². The van der Waals surface area contributed by atoms with E-state index in [1.54, 1.807) is 0 Å². The number of aliphatic imine (C=N–C) groups is 3. The van der Waals surface area contributed by atoms with Crippen LogP contribution in [0.2, 0.25) is 0 Å². The van der Waals surface area contributed by atoms with Gasteiger partial charge in [-0.2, -0.15) is 0 Å². The van der Waals surface area contributed by atoms with Gasteiger partial charge in [-0.15, -0.1) is 0 Å². The summed E-state index contributed by atoms with van der Waals surface area (Å²) >= 11 is 0. The average molecular weight is 758 g/mol. The van der Waals surface area contributed by atoms with Gasteiger partial charge < -0.3 is 8.83 Å². The highest BCUT2D eigenvalue weighted by Crippen LogP contribution is 2.41. The molecule has 0 spiro atoms. The van der Waals surface area contributed by atoms with Crippen LogP contribution in [-0.2, 0) is 6.54 Å². The van der Waals surface area contributed by atoms with E-state index in [-0.39, 0.29) is 0 Å². The Hall–Kier alpha value is -7.89. The molecule has 5 heteroatoms. The van der Waals surface area contributed by atoms with E-state index in [9.17, 15) is 0 Å². The van der Waals surface area contributed by atoms with Gasteiger partial charge in [-0.25, -0.2) is 9.98 Å². The number of hydrogen-bond donors (Lipinski definition) is 0. The standard InChI is InChI=1S/C54H35N3O2/c1-55-53(39-26-25-37-29-36(23-24-38(37)30-39)34-13-4-2-5-14-34)57-54(40-27-28-45-44-18-10-11-21-48(44)58-50(45)32-40)56-33-41-31-47-51-43(35-15-6-3-7-16-35)20-12-22-49(51)59-52(47)46-19-9-8-17-42(41)46/h2-32H,1,33H2/b56-54-,57-53-. The zero-order valence-electron chi connectivity index (χ0n) is 32.0. The van der Waals surface area contributed by atoms with Crippen molar-refractivity contribution in [1.29, 1.82) is 0 Å². The second kappa shape index (κ2) is 14.2. The van der Waals surface area contributed by atoms with Gasteiger partial charge in [-0.05, 0) is 93.2 Å². The first-order valence-electron chi connectivity index (χ1n) is 19.7. The highest BCUT2D eigenvalue weighted by atomic mass is 16.3. The van der Waals surface area contributed by atoms with Crippen molar-refractivity contribution >= 4 is 83.8 Å². The Bertz CT molecular complexity index is 3480. The number of para-hydroxylation sites is 1. The van der Waals surface area contributed by atoms with Crippen molar-refractivity contribution < 1.29 is 8.83 Å². The molecule has 0 aliphatic rings. The Balaban J connectivity index is 1.07. The predicted molar refractivity (Wildman–Crippen MR) is 246 cm³/mol. The van der Waals surface area contributed by atoms with Gasteiger partial charge in [0.2, 0.25) is 0 Å². The highest BCUT2D eigenvalue weighted by Gasteiger charge is 2.18. The maximum atomic E-state index is 6.63. The summed E-state index contributed by atoms with van der Waals surface area (Å²) < 4.78 is 13.0. The summed E-state index contributed by atoms with van der Waals surface area (Å²) in [5.41, 5.74) is 10.7. The molecule has 9 aromatic carbocycles. The third-order valence-corrected chi connectivity index (χ3v) is 11.3. The van der Waals surface area contributed by atoms with Gasteiger partial charge in [-0.1, -0.05) is 146 Å². The molecule has 0 aliphatic carbocycles. The van der Waals surface area contributed by atoms with E-state index < -0.39 is 0 Å². The molecule has 5 nitrogen and oxygen atoms in total. The van der Waals surface area contributed by atoms with Gasteiger partial charge >= 0.3 is 0 Å². The van der Waals surface area contributed by atoms with E-state index in [2.05, 4.69) is 157 Å². The summed E-state index contributed by atoms with van der Waals surface area (Å²) in [5.74, 6) is 1.01. The minimum atomic E-state index is 0.359. The lowest BCUT2D eigenvalue weighted by Gasteiger charge is -2.10. The summed E-state index contributed by atoms with van der Waals surface area (Å²) in [7, 11) is 0. The summed E-state index contributed by atoms with van der Waals surface area (Å²) in [5, 5.41) is 8.58. The van der Waals surface area contributed by atoms with E-state index >= 15 is 0 Å². The van der Waals surface area contributed by atoms with Crippen LogP contribution in [0.3, 0.4) is 0 Å². The fourth-order valence-corrected chi connectivity index (χ4v) is 8.42. The average Bonchev–Trinajstić information content (AvgIpc) is 3.87. The molecule has 59 heavy (non-hydrogen) atoms. The van der Waals surface area contributed by atoms with Crippen LogP contribution in [0, 0.1) is 0 Å². The molecular formula is C54H35N3O2. The predicted octanol–water partition coefficient (Wildman–Crippen LogP) is 14.2. The number of benzene rings is 9. The lowest BCUT2D eigenvalue weighted by atomic mass is 9.96. The molecule has 278 valence electrons. The minimum absolute atomic E-state index is 0.359. The summed E-state index contributed by atoms with van der Waals surface area (Å²) in [4.78, 5) is 15.0. The monoisotopic (exact) mass is 757 g/mol. The van der Waals surface area contributed by atoms with E-state index in [0.29, 0.717) is 18.2 Å². The molecule has 0 aliphatic heterocycles. The van der Waals surface area contributed by atoms with Crippen LogP contribution in [0.4, 0.5) is 0 Å². The van der Waals surface area contributed by atoms with Crippen LogP contribution in [0.15, 0.2) is 212 Å². The lowest BCUT2D eigenvalue weighted by molar-refractivity contribution is 0.669. The van der Waals surface area contributed by atoms with Crippen molar-refractivity contribution in [3.05, 3.63) is 205 Å². The van der Waals surface area contributed by atoms with E-state index in [1.165, 1.54) is 11.1 Å². The molecule has 0 saturated carbocycles. The molecule has 11 rings (SSSR count). The first kappa shape index (κ1) is 34.4. The molecule has 2 heterocycles. The van der Waals surface area contributed by atoms with Crippen molar-refractivity contribution in [2.24, 2.45) is 15.0 Å². The van der Waals surface area contributed by atoms with Crippen LogP contribution < -0.4 is 0 Å². The number of nitrogens with zero attached hydrogens (tertiary/aromatic N) is 3. The van der Waals surface area contributed by atoms with Crippen molar-refractivity contribution in [2.75, 3.05) is 0 Å². The molecule has 11 aromatic rings. The second-order valence-electron chi connectivity index (χ2n) is 14.8. The van der Waals surface area contributed by atoms with Crippen LogP contribution in [0.25, 0.3) is 87.7 Å². The molecule has 0 N–H and O–H groups in total. The molecule has 0 saturated heterocycles. The van der Waals surface area contributed by atoms with Gasteiger partial charge in [0, 0.05) is 38.1 Å². The van der Waals surface area contributed by atoms with Gasteiger partial charge in [0.05, 0.1) is 6.54 Å². The third-order valence-electron chi connectivity index (χ3n) is 11.3. The van der Waals surface area contributed by atoms with E-state index in [1.807, 2.05) is 42.5 Å². The van der Waals surface area contributed by atoms with Crippen molar-refractivity contribution in [3.63, 3.8) is 0 Å². The Labute approximate surface area is 339 Å². The Morgan fingerprint density at radius 1 is 0.441 bits per heavy atom. The maximum absolute atomic E-state index is 6.63. The fourth-order valence-electron chi connectivity index (χ4n) is 8.42. The summed E-state index contributed by atoms with van der Waals surface area (Å²) in [6.45, 7) is 4.34. The van der Waals surface area contributed by atoms with Crippen LogP contribution >= 0.6 is 0 Å². The van der Waals surface area contributed by atoms with Crippen LogP contribution in [-0.4, -0.2) is 18.4 Å². The Morgan fingerprint density at radius 2 is 1.10 bits per heavy atom. The van der Waals surface area contributed by atoms with Crippen molar-refractivity contribution in [3.8, 4) is 22.3 Å². The number of furan rings is 2. The maximum Gasteiger partial charge on any atom is 0.161 e. The first-order valence-corrected chi connectivity index (χ1v) is 19.7. The smallest absolute Gasteiger partial charge is 0.161 e. The van der Waals surface area contributed by atoms with Gasteiger partial charge in [0.1, 0.15) is 22.3 Å². The SMILES string of the molecule is C=N/C(=N\C(=N/Cc1cc2c(oc3cccc(-c4ccccc4)c32)c2ccccc12)c1ccc2c(c1)oc1ccccc12)c1ccc2cc(-c3ccccc3)ccc2c1. The van der Waals surface area contributed by atoms with E-state index in [0.717, 1.165) is 93.2 Å². The normalized spacial score (nSPS) is 12.4. The summed E-state index contributed by atoms with van der Waals surface area (Å²) in [6, 6.07) is 64.9. The van der Waals surface area contributed by atoms with Crippen LogP contribution in [0.5, 0.6) is 0 Å². The molecule has 0 atom stereocenters. The summed E-state index contributed by atoms with van der Waals surface area (Å²) in [6.07, 6.45) is 0. The van der Waals surface area contributed by atoms with E-state index in [4.69, 9.17) is 18.8 Å². The molecule has 0 fully saturated rings. The highest BCUT2D eigenvalue weighted by molar-refractivity contribution is 6.20. The molecule has 2 aromatic heterocycles. The van der Waals surface area contributed by atoms with Crippen molar-refractivity contribution in [2.45, 2.75) is 6.54 Å². The quantitative estimate of drug-likeness (QED) is 0.125.